The van der Waals surface area contributed by atoms with Crippen molar-refractivity contribution in [2.75, 3.05) is 5.73 Å². The summed E-state index contributed by atoms with van der Waals surface area (Å²) in [6.45, 7) is 0. The van der Waals surface area contributed by atoms with E-state index >= 15 is 0 Å². The summed E-state index contributed by atoms with van der Waals surface area (Å²) in [4.78, 5) is 11.6. The van der Waals surface area contributed by atoms with Crippen LogP contribution in [0.2, 0.25) is 0 Å². The number of hydrogen-bond acceptors (Lipinski definition) is 3. The summed E-state index contributed by atoms with van der Waals surface area (Å²) >= 11 is 0. The molecule has 0 radical (unpaired) electrons. The molecule has 0 unspecified atom stereocenters. The van der Waals surface area contributed by atoms with Gasteiger partial charge in [-0.1, -0.05) is 0 Å². The molecule has 1 fully saturated rings. The Balaban J connectivity index is 2.18. The zero-order valence-electron chi connectivity index (χ0n) is 9.21. The van der Waals surface area contributed by atoms with Gasteiger partial charge in [0.2, 0.25) is 0 Å². The fourth-order valence-electron chi connectivity index (χ4n) is 2.00. The maximum absolute atomic E-state index is 13.4. The monoisotopic (exact) mass is 241 g/mol. The van der Waals surface area contributed by atoms with Crippen LogP contribution in [-0.4, -0.2) is 12.1 Å². The molecule has 0 spiro atoms. The van der Waals surface area contributed by atoms with Gasteiger partial charge in [-0.3, -0.25) is 0 Å². The summed E-state index contributed by atoms with van der Waals surface area (Å²) in [5.74, 6) is -2.91. The summed E-state index contributed by atoms with van der Waals surface area (Å²) in [5, 5.41) is 0. The van der Waals surface area contributed by atoms with E-state index in [-0.39, 0.29) is 11.8 Å². The van der Waals surface area contributed by atoms with Gasteiger partial charge < -0.3 is 10.5 Å². The minimum Gasteiger partial charge on any atom is -0.459 e. The van der Waals surface area contributed by atoms with Crippen LogP contribution >= 0.6 is 0 Å². The van der Waals surface area contributed by atoms with E-state index < -0.39 is 23.2 Å². The molecule has 0 aromatic heterocycles. The molecule has 92 valence electrons. The van der Waals surface area contributed by atoms with Crippen molar-refractivity contribution in [3.63, 3.8) is 0 Å². The van der Waals surface area contributed by atoms with Gasteiger partial charge in [-0.2, -0.15) is 0 Å². The third-order valence-electron chi connectivity index (χ3n) is 2.84. The van der Waals surface area contributed by atoms with E-state index in [2.05, 4.69) is 0 Å². The largest absolute Gasteiger partial charge is 0.459 e. The molecule has 1 saturated carbocycles. The average molecular weight is 241 g/mol. The van der Waals surface area contributed by atoms with Crippen LogP contribution in [0.4, 0.5) is 14.5 Å². The lowest BCUT2D eigenvalue weighted by atomic mass is 10.1. The number of benzene rings is 1. The molecule has 0 saturated heterocycles. The van der Waals surface area contributed by atoms with Gasteiger partial charge in [0.15, 0.2) is 0 Å². The number of ether oxygens (including phenoxy) is 1. The minimum absolute atomic E-state index is 0.0579. The first-order valence-corrected chi connectivity index (χ1v) is 5.53. The number of nitrogen functional groups attached to an aromatic ring is 1. The Labute approximate surface area is 97.6 Å². The number of carbonyl (C=O) groups excluding carboxylic acids is 1. The number of halogens is 2. The van der Waals surface area contributed by atoms with Gasteiger partial charge in [-0.25, -0.2) is 13.6 Å². The SMILES string of the molecule is Nc1cc(F)c(C(=O)OC2CCCC2)c(F)c1. The Hall–Kier alpha value is -1.65. The lowest BCUT2D eigenvalue weighted by molar-refractivity contribution is 0.0307. The molecule has 2 rings (SSSR count). The molecular formula is C12H13F2NO2. The molecule has 0 aliphatic heterocycles. The van der Waals surface area contributed by atoms with Crippen LogP contribution in [0.3, 0.4) is 0 Å². The van der Waals surface area contributed by atoms with E-state index in [0.29, 0.717) is 0 Å². The first kappa shape index (κ1) is 11.8. The topological polar surface area (TPSA) is 52.3 Å². The molecule has 0 amide bonds. The Morgan fingerprint density at radius 2 is 1.76 bits per heavy atom. The van der Waals surface area contributed by atoms with Crippen molar-refractivity contribution in [1.29, 1.82) is 0 Å². The molecule has 17 heavy (non-hydrogen) atoms. The highest BCUT2D eigenvalue weighted by Gasteiger charge is 2.24. The first-order valence-electron chi connectivity index (χ1n) is 5.53. The smallest absolute Gasteiger partial charge is 0.344 e. The lowest BCUT2D eigenvalue weighted by Crippen LogP contribution is -2.17. The molecule has 0 bridgehead atoms. The number of rotatable bonds is 2. The zero-order chi connectivity index (χ0) is 12.4. The van der Waals surface area contributed by atoms with Crippen molar-refractivity contribution in [2.24, 2.45) is 0 Å². The Kier molecular flexibility index (Phi) is 3.26. The number of carbonyl (C=O) groups is 1. The van der Waals surface area contributed by atoms with Crippen LogP contribution in [0, 0.1) is 11.6 Å². The molecule has 1 aromatic carbocycles. The molecule has 1 aliphatic rings. The molecule has 3 nitrogen and oxygen atoms in total. The molecule has 1 aromatic rings. The second kappa shape index (κ2) is 4.69. The summed E-state index contributed by atoms with van der Waals surface area (Å²) in [6.07, 6.45) is 3.24. The molecule has 1 aliphatic carbocycles. The van der Waals surface area contributed by atoms with E-state index in [4.69, 9.17) is 10.5 Å². The highest BCUT2D eigenvalue weighted by atomic mass is 19.1. The summed E-state index contributed by atoms with van der Waals surface area (Å²) < 4.78 is 31.9. The van der Waals surface area contributed by atoms with Crippen LogP contribution in [0.25, 0.3) is 0 Å². The quantitative estimate of drug-likeness (QED) is 0.639. The minimum atomic E-state index is -0.981. The second-order valence-corrected chi connectivity index (χ2v) is 4.17. The van der Waals surface area contributed by atoms with Gasteiger partial charge in [-0.05, 0) is 37.8 Å². The van der Waals surface area contributed by atoms with Gasteiger partial charge in [-0.15, -0.1) is 0 Å². The predicted molar refractivity (Wildman–Crippen MR) is 58.4 cm³/mol. The number of hydrogen-bond donors (Lipinski definition) is 1. The van der Waals surface area contributed by atoms with Gasteiger partial charge >= 0.3 is 5.97 Å². The second-order valence-electron chi connectivity index (χ2n) is 4.17. The molecule has 0 heterocycles. The van der Waals surface area contributed by atoms with E-state index in [0.717, 1.165) is 37.8 Å². The van der Waals surface area contributed by atoms with Crippen molar-refractivity contribution in [3.8, 4) is 0 Å². The molecular weight excluding hydrogens is 228 g/mol. The standard InChI is InChI=1S/C12H13F2NO2/c13-9-5-7(15)6-10(14)11(9)12(16)17-8-3-1-2-4-8/h5-6,8H,1-4,15H2. The fourth-order valence-corrected chi connectivity index (χ4v) is 2.00. The fraction of sp³-hybridized carbons (Fsp3) is 0.417. The first-order chi connectivity index (χ1) is 8.08. The zero-order valence-corrected chi connectivity index (χ0v) is 9.21. The number of nitrogens with two attached hydrogens (primary N) is 1. The van der Waals surface area contributed by atoms with Crippen LogP contribution < -0.4 is 5.73 Å². The van der Waals surface area contributed by atoms with Crippen LogP contribution in [0.1, 0.15) is 36.0 Å². The maximum atomic E-state index is 13.4. The Morgan fingerprint density at radius 1 is 1.24 bits per heavy atom. The third kappa shape index (κ3) is 2.54. The van der Waals surface area contributed by atoms with Gasteiger partial charge in [0.05, 0.1) is 0 Å². The van der Waals surface area contributed by atoms with Gasteiger partial charge in [0, 0.05) is 5.69 Å². The number of anilines is 1. The number of esters is 1. The van der Waals surface area contributed by atoms with Gasteiger partial charge in [0.1, 0.15) is 23.3 Å². The molecule has 5 heteroatoms. The summed E-state index contributed by atoms with van der Waals surface area (Å²) in [5.41, 5.74) is 4.54. The van der Waals surface area contributed by atoms with E-state index in [1.807, 2.05) is 0 Å². The van der Waals surface area contributed by atoms with E-state index in [1.54, 1.807) is 0 Å². The molecule has 2 N–H and O–H groups in total. The van der Waals surface area contributed by atoms with Crippen LogP contribution in [0.5, 0.6) is 0 Å². The third-order valence-corrected chi connectivity index (χ3v) is 2.84. The van der Waals surface area contributed by atoms with Crippen molar-refractivity contribution in [3.05, 3.63) is 29.3 Å². The summed E-state index contributed by atoms with van der Waals surface area (Å²) in [6, 6.07) is 1.82. The van der Waals surface area contributed by atoms with Crippen molar-refractivity contribution < 1.29 is 18.3 Å². The highest BCUT2D eigenvalue weighted by Crippen LogP contribution is 2.24. The Morgan fingerprint density at radius 3 is 2.29 bits per heavy atom. The normalized spacial score (nSPS) is 16.1. The molecule has 0 atom stereocenters. The van der Waals surface area contributed by atoms with E-state index in [9.17, 15) is 13.6 Å². The lowest BCUT2D eigenvalue weighted by Gasteiger charge is -2.12. The van der Waals surface area contributed by atoms with Crippen molar-refractivity contribution in [2.45, 2.75) is 31.8 Å². The van der Waals surface area contributed by atoms with Crippen molar-refractivity contribution in [1.82, 2.24) is 0 Å². The van der Waals surface area contributed by atoms with Crippen LogP contribution in [-0.2, 0) is 4.74 Å². The average Bonchev–Trinajstić information content (AvgIpc) is 2.68. The highest BCUT2D eigenvalue weighted by molar-refractivity contribution is 5.90. The van der Waals surface area contributed by atoms with Crippen LogP contribution in [0.15, 0.2) is 12.1 Å². The maximum Gasteiger partial charge on any atom is 0.344 e. The summed E-state index contributed by atoms with van der Waals surface area (Å²) in [7, 11) is 0. The van der Waals surface area contributed by atoms with E-state index in [1.165, 1.54) is 0 Å². The Bertz CT molecular complexity index is 419. The predicted octanol–water partition coefficient (Wildman–Crippen LogP) is 2.65. The van der Waals surface area contributed by atoms with Gasteiger partial charge in [0.25, 0.3) is 0 Å². The van der Waals surface area contributed by atoms with Crippen molar-refractivity contribution >= 4 is 11.7 Å².